The molecule has 0 spiro atoms. The average Bonchev–Trinajstić information content (AvgIpc) is 3.21. The van der Waals surface area contributed by atoms with Crippen LogP contribution in [0.1, 0.15) is 23.7 Å². The Morgan fingerprint density at radius 1 is 1.30 bits per heavy atom. The SMILES string of the molecule is CCOC(=O)Cc1csc(NN=Cc2cc(Br)c(OCc3ccc(Cl)cc3Cl)c(OC)c2)n1. The highest BCUT2D eigenvalue weighted by molar-refractivity contribution is 9.10. The molecule has 0 unspecified atom stereocenters. The molecule has 7 nitrogen and oxygen atoms in total. The number of nitrogens with one attached hydrogen (secondary N) is 1. The van der Waals surface area contributed by atoms with Gasteiger partial charge in [0.25, 0.3) is 0 Å². The molecule has 1 aromatic heterocycles. The Morgan fingerprint density at radius 3 is 2.85 bits per heavy atom. The van der Waals surface area contributed by atoms with Gasteiger partial charge in [0.2, 0.25) is 5.13 Å². The number of rotatable bonds is 10. The topological polar surface area (TPSA) is 82.0 Å². The molecule has 3 aromatic rings. The number of benzene rings is 2. The first-order chi connectivity index (χ1) is 15.9. The summed E-state index contributed by atoms with van der Waals surface area (Å²) < 4.78 is 17.0. The van der Waals surface area contributed by atoms with Crippen LogP contribution >= 0.6 is 50.5 Å². The molecule has 0 bridgehead atoms. The van der Waals surface area contributed by atoms with Gasteiger partial charge in [-0.3, -0.25) is 10.2 Å². The maximum Gasteiger partial charge on any atom is 0.311 e. The number of hydrogen-bond donors (Lipinski definition) is 1. The lowest BCUT2D eigenvalue weighted by Crippen LogP contribution is -2.07. The number of esters is 1. The van der Waals surface area contributed by atoms with Crippen LogP contribution in [-0.2, 0) is 22.6 Å². The van der Waals surface area contributed by atoms with E-state index in [1.165, 1.54) is 11.3 Å². The van der Waals surface area contributed by atoms with Gasteiger partial charge in [0.15, 0.2) is 11.5 Å². The Morgan fingerprint density at radius 2 is 2.12 bits per heavy atom. The highest BCUT2D eigenvalue weighted by Gasteiger charge is 2.13. The summed E-state index contributed by atoms with van der Waals surface area (Å²) >= 11 is 17.0. The molecule has 0 aliphatic carbocycles. The van der Waals surface area contributed by atoms with Crippen LogP contribution in [-0.4, -0.2) is 30.9 Å². The summed E-state index contributed by atoms with van der Waals surface area (Å²) in [6.45, 7) is 2.36. The molecule has 0 saturated heterocycles. The lowest BCUT2D eigenvalue weighted by molar-refractivity contribution is -0.142. The molecule has 0 amide bonds. The third-order valence-electron chi connectivity index (χ3n) is 4.20. The fraction of sp³-hybridized carbons (Fsp3) is 0.227. The van der Waals surface area contributed by atoms with Crippen molar-refractivity contribution in [3.8, 4) is 11.5 Å². The Labute approximate surface area is 213 Å². The van der Waals surface area contributed by atoms with Crippen LogP contribution in [0.15, 0.2) is 45.3 Å². The van der Waals surface area contributed by atoms with Gasteiger partial charge in [0.1, 0.15) is 6.61 Å². The van der Waals surface area contributed by atoms with Crippen molar-refractivity contribution in [1.29, 1.82) is 0 Å². The normalized spacial score (nSPS) is 10.9. The number of thiazole rings is 1. The number of carbonyl (C=O) groups excluding carboxylic acids is 1. The highest BCUT2D eigenvalue weighted by atomic mass is 79.9. The van der Waals surface area contributed by atoms with Gasteiger partial charge in [-0.2, -0.15) is 5.10 Å². The van der Waals surface area contributed by atoms with E-state index < -0.39 is 0 Å². The molecule has 0 atom stereocenters. The van der Waals surface area contributed by atoms with E-state index in [9.17, 15) is 4.79 Å². The molecule has 174 valence electrons. The number of halogens is 3. The first-order valence-electron chi connectivity index (χ1n) is 9.73. The van der Waals surface area contributed by atoms with Gasteiger partial charge in [-0.05, 0) is 52.7 Å². The third-order valence-corrected chi connectivity index (χ3v) is 6.17. The second kappa shape index (κ2) is 12.2. The number of aromatic nitrogens is 1. The van der Waals surface area contributed by atoms with Gasteiger partial charge in [-0.1, -0.05) is 29.3 Å². The van der Waals surface area contributed by atoms with Gasteiger partial charge in [-0.25, -0.2) is 4.98 Å². The molecular weight excluding hydrogens is 553 g/mol. The fourth-order valence-electron chi connectivity index (χ4n) is 2.70. The second-order valence-electron chi connectivity index (χ2n) is 6.55. The summed E-state index contributed by atoms with van der Waals surface area (Å²) in [6.07, 6.45) is 1.75. The number of anilines is 1. The van der Waals surface area contributed by atoms with E-state index >= 15 is 0 Å². The Bertz CT molecular complexity index is 1160. The molecular formula is C22H20BrCl2N3O4S. The molecule has 1 N–H and O–H groups in total. The predicted octanol–water partition coefficient (Wildman–Crippen LogP) is 6.35. The third kappa shape index (κ3) is 7.33. The summed E-state index contributed by atoms with van der Waals surface area (Å²) in [5, 5.41) is 7.65. The van der Waals surface area contributed by atoms with E-state index in [0.717, 1.165) is 11.1 Å². The zero-order valence-corrected chi connectivity index (χ0v) is 21.6. The summed E-state index contributed by atoms with van der Waals surface area (Å²) in [7, 11) is 1.56. The Balaban J connectivity index is 1.64. The van der Waals surface area contributed by atoms with Gasteiger partial charge in [0, 0.05) is 21.0 Å². The van der Waals surface area contributed by atoms with Crippen molar-refractivity contribution in [3.63, 3.8) is 0 Å². The number of hydrogen-bond acceptors (Lipinski definition) is 8. The van der Waals surface area contributed by atoms with Crippen molar-refractivity contribution >= 4 is 67.8 Å². The molecule has 11 heteroatoms. The van der Waals surface area contributed by atoms with E-state index in [1.54, 1.807) is 43.8 Å². The van der Waals surface area contributed by atoms with Crippen molar-refractivity contribution < 1.29 is 19.0 Å². The molecule has 2 aromatic carbocycles. The zero-order chi connectivity index (χ0) is 23.8. The monoisotopic (exact) mass is 571 g/mol. The molecule has 0 saturated carbocycles. The maximum atomic E-state index is 11.6. The summed E-state index contributed by atoms with van der Waals surface area (Å²) in [4.78, 5) is 15.9. The molecule has 1 heterocycles. The van der Waals surface area contributed by atoms with Crippen LogP contribution < -0.4 is 14.9 Å². The molecule has 0 fully saturated rings. The molecule has 0 radical (unpaired) electrons. The van der Waals surface area contributed by atoms with Crippen LogP contribution in [0.4, 0.5) is 5.13 Å². The van der Waals surface area contributed by atoms with E-state index in [4.69, 9.17) is 37.4 Å². The van der Waals surface area contributed by atoms with Gasteiger partial charge >= 0.3 is 5.97 Å². The van der Waals surface area contributed by atoms with Crippen molar-refractivity contribution in [3.05, 3.63) is 67.1 Å². The minimum Gasteiger partial charge on any atom is -0.493 e. The summed E-state index contributed by atoms with van der Waals surface area (Å²) in [5.74, 6) is 0.759. The number of ether oxygens (including phenoxy) is 3. The quantitative estimate of drug-likeness (QED) is 0.173. The molecule has 0 aliphatic heterocycles. The summed E-state index contributed by atoms with van der Waals surface area (Å²) in [5.41, 5.74) is 5.06. The van der Waals surface area contributed by atoms with Gasteiger partial charge in [0.05, 0.1) is 36.5 Å². The number of carbonyl (C=O) groups is 1. The Kier molecular flexibility index (Phi) is 9.37. The van der Waals surface area contributed by atoms with Crippen molar-refractivity contribution in [2.45, 2.75) is 20.0 Å². The van der Waals surface area contributed by atoms with E-state index in [1.807, 2.05) is 12.1 Å². The van der Waals surface area contributed by atoms with Crippen molar-refractivity contribution in [2.75, 3.05) is 19.1 Å². The van der Waals surface area contributed by atoms with Crippen LogP contribution in [0.5, 0.6) is 11.5 Å². The second-order valence-corrected chi connectivity index (χ2v) is 9.11. The van der Waals surface area contributed by atoms with E-state index in [0.29, 0.717) is 43.4 Å². The molecule has 3 rings (SSSR count). The maximum absolute atomic E-state index is 11.6. The first-order valence-corrected chi connectivity index (χ1v) is 12.2. The molecule has 0 aliphatic rings. The van der Waals surface area contributed by atoms with Crippen molar-refractivity contribution in [1.82, 2.24) is 4.98 Å². The predicted molar refractivity (Wildman–Crippen MR) is 135 cm³/mol. The number of methoxy groups -OCH3 is 1. The lowest BCUT2D eigenvalue weighted by Gasteiger charge is -2.14. The van der Waals surface area contributed by atoms with Crippen LogP contribution in [0.25, 0.3) is 0 Å². The Hall–Kier alpha value is -2.33. The highest BCUT2D eigenvalue weighted by Crippen LogP contribution is 2.37. The van der Waals surface area contributed by atoms with E-state index in [-0.39, 0.29) is 19.0 Å². The average molecular weight is 573 g/mol. The lowest BCUT2D eigenvalue weighted by atomic mass is 10.2. The fourth-order valence-corrected chi connectivity index (χ4v) is 4.40. The van der Waals surface area contributed by atoms with Gasteiger partial charge < -0.3 is 14.2 Å². The number of hydrazone groups is 1. The first kappa shape index (κ1) is 25.3. The smallest absolute Gasteiger partial charge is 0.311 e. The number of nitrogens with zero attached hydrogens (tertiary/aromatic N) is 2. The summed E-state index contributed by atoms with van der Waals surface area (Å²) in [6, 6.07) is 8.88. The molecule has 33 heavy (non-hydrogen) atoms. The van der Waals surface area contributed by atoms with Crippen LogP contribution in [0.3, 0.4) is 0 Å². The minimum atomic E-state index is -0.310. The largest absolute Gasteiger partial charge is 0.493 e. The van der Waals surface area contributed by atoms with E-state index in [2.05, 4.69) is 31.4 Å². The van der Waals surface area contributed by atoms with Crippen LogP contribution in [0, 0.1) is 0 Å². The van der Waals surface area contributed by atoms with Crippen molar-refractivity contribution in [2.24, 2.45) is 5.10 Å². The zero-order valence-electron chi connectivity index (χ0n) is 17.7. The van der Waals surface area contributed by atoms with Crippen LogP contribution in [0.2, 0.25) is 10.0 Å². The minimum absolute atomic E-state index is 0.128. The standard InChI is InChI=1S/C22H20BrCl2N3O4S/c1-3-31-20(29)9-16-12-33-22(27-16)28-26-10-13-6-17(23)21(19(7-13)30-2)32-11-14-4-5-15(24)8-18(14)25/h4-8,10,12H,3,9,11H2,1-2H3,(H,27,28). The van der Waals surface area contributed by atoms with Gasteiger partial charge in [-0.15, -0.1) is 11.3 Å².